The van der Waals surface area contributed by atoms with Gasteiger partial charge < -0.3 is 9.30 Å². The Morgan fingerprint density at radius 3 is 2.65 bits per heavy atom. The van der Waals surface area contributed by atoms with Crippen molar-refractivity contribution in [1.29, 1.82) is 0 Å². The first-order valence-electron chi connectivity index (χ1n) is 10.8. The van der Waals surface area contributed by atoms with Crippen LogP contribution in [0.2, 0.25) is 0 Å². The van der Waals surface area contributed by atoms with E-state index in [1.807, 2.05) is 25.1 Å². The highest BCUT2D eigenvalue weighted by molar-refractivity contribution is 7.89. The maximum Gasteiger partial charge on any atom is 0.326 e. The van der Waals surface area contributed by atoms with Crippen molar-refractivity contribution in [3.05, 3.63) is 58.6 Å². The molecule has 2 aromatic carbocycles. The first-order valence-corrected chi connectivity index (χ1v) is 13.1. The molecule has 34 heavy (non-hydrogen) atoms. The molecule has 0 saturated carbocycles. The van der Waals surface area contributed by atoms with Gasteiger partial charge in [0.15, 0.2) is 4.80 Å². The lowest BCUT2D eigenvalue weighted by atomic mass is 10.2. The van der Waals surface area contributed by atoms with E-state index in [9.17, 15) is 22.4 Å². The zero-order valence-corrected chi connectivity index (χ0v) is 20.4. The van der Waals surface area contributed by atoms with Crippen LogP contribution in [-0.2, 0) is 30.9 Å². The molecule has 0 bridgehead atoms. The van der Waals surface area contributed by atoms with Crippen molar-refractivity contribution in [3.8, 4) is 0 Å². The number of sulfonamides is 1. The predicted molar refractivity (Wildman–Crippen MR) is 125 cm³/mol. The van der Waals surface area contributed by atoms with Crippen molar-refractivity contribution >= 4 is 43.5 Å². The quantitative estimate of drug-likeness (QED) is 0.480. The molecule has 1 aromatic heterocycles. The summed E-state index contributed by atoms with van der Waals surface area (Å²) in [6, 6.07) is 9.22. The molecule has 3 aromatic rings. The number of aryl methyl sites for hydroxylation is 1. The lowest BCUT2D eigenvalue weighted by Crippen LogP contribution is -2.40. The van der Waals surface area contributed by atoms with Gasteiger partial charge in [0.05, 0.1) is 21.7 Å². The van der Waals surface area contributed by atoms with Gasteiger partial charge in [0.2, 0.25) is 10.0 Å². The largest absolute Gasteiger partial charge is 0.465 e. The Bertz CT molecular complexity index is 1410. The van der Waals surface area contributed by atoms with E-state index >= 15 is 0 Å². The standard InChI is InChI=1S/C23H24FN3O5S2/c1-3-32-21(28)14-26-18-11-6-15(2)13-20(18)33-23(26)25-22(29)19-5-4-12-27(19)34(30,31)17-9-7-16(24)8-10-17/h6-11,13,19H,3-5,12,14H2,1-2H3. The fourth-order valence-electron chi connectivity index (χ4n) is 3.94. The zero-order chi connectivity index (χ0) is 24.5. The third kappa shape index (κ3) is 4.82. The molecule has 1 aliphatic rings. The van der Waals surface area contributed by atoms with Gasteiger partial charge in [0.1, 0.15) is 18.4 Å². The molecular formula is C23H24FN3O5S2. The van der Waals surface area contributed by atoms with Crippen LogP contribution in [0, 0.1) is 12.7 Å². The molecule has 1 amide bonds. The van der Waals surface area contributed by atoms with E-state index in [1.54, 1.807) is 11.5 Å². The Morgan fingerprint density at radius 2 is 1.94 bits per heavy atom. The third-order valence-electron chi connectivity index (χ3n) is 5.55. The fourth-order valence-corrected chi connectivity index (χ4v) is 6.72. The van der Waals surface area contributed by atoms with Crippen molar-refractivity contribution < 1.29 is 27.1 Å². The Hall–Kier alpha value is -2.89. The van der Waals surface area contributed by atoms with Gasteiger partial charge in [-0.25, -0.2) is 12.8 Å². The number of carbonyl (C=O) groups is 2. The molecule has 1 unspecified atom stereocenters. The van der Waals surface area contributed by atoms with Crippen LogP contribution >= 0.6 is 11.3 Å². The van der Waals surface area contributed by atoms with Gasteiger partial charge in [0, 0.05) is 6.54 Å². The number of rotatable bonds is 6. The second-order valence-corrected chi connectivity index (χ2v) is 10.8. The average Bonchev–Trinajstić information content (AvgIpc) is 3.40. The number of ether oxygens (including phenoxy) is 1. The van der Waals surface area contributed by atoms with Crippen LogP contribution in [0.5, 0.6) is 0 Å². The number of esters is 1. The number of amides is 1. The summed E-state index contributed by atoms with van der Waals surface area (Å²) in [7, 11) is -4.00. The summed E-state index contributed by atoms with van der Waals surface area (Å²) >= 11 is 1.25. The summed E-state index contributed by atoms with van der Waals surface area (Å²) in [5.74, 6) is -1.61. The third-order valence-corrected chi connectivity index (χ3v) is 8.51. The zero-order valence-electron chi connectivity index (χ0n) is 18.7. The number of carbonyl (C=O) groups excluding carboxylic acids is 2. The second kappa shape index (κ2) is 9.77. The molecule has 1 atom stereocenters. The number of thiazole rings is 1. The molecule has 11 heteroatoms. The lowest BCUT2D eigenvalue weighted by Gasteiger charge is -2.21. The highest BCUT2D eigenvalue weighted by Crippen LogP contribution is 2.27. The molecule has 1 fully saturated rings. The van der Waals surface area contributed by atoms with Gasteiger partial charge in [-0.1, -0.05) is 17.4 Å². The summed E-state index contributed by atoms with van der Waals surface area (Å²) in [5, 5.41) is 0. The number of hydrogen-bond acceptors (Lipinski definition) is 6. The number of nitrogens with zero attached hydrogens (tertiary/aromatic N) is 3. The van der Waals surface area contributed by atoms with Crippen molar-refractivity contribution in [3.63, 3.8) is 0 Å². The molecule has 8 nitrogen and oxygen atoms in total. The molecule has 0 radical (unpaired) electrons. The molecule has 180 valence electrons. The number of aromatic nitrogens is 1. The SMILES string of the molecule is CCOC(=O)Cn1c(=NC(=O)C2CCCN2S(=O)(=O)c2ccc(F)cc2)sc2cc(C)ccc21. The van der Waals surface area contributed by atoms with Crippen molar-refractivity contribution in [2.24, 2.45) is 4.99 Å². The van der Waals surface area contributed by atoms with Gasteiger partial charge in [-0.15, -0.1) is 0 Å². The van der Waals surface area contributed by atoms with E-state index in [0.717, 1.165) is 32.2 Å². The Balaban J connectivity index is 1.72. The number of halogens is 1. The molecule has 2 heterocycles. The molecular weight excluding hydrogens is 481 g/mol. The second-order valence-electron chi connectivity index (χ2n) is 7.92. The maximum atomic E-state index is 13.3. The maximum absolute atomic E-state index is 13.3. The van der Waals surface area contributed by atoms with Crippen molar-refractivity contribution in [1.82, 2.24) is 8.87 Å². The van der Waals surface area contributed by atoms with E-state index in [-0.39, 0.29) is 24.6 Å². The van der Waals surface area contributed by atoms with Crippen LogP contribution < -0.4 is 4.80 Å². The van der Waals surface area contributed by atoms with Gasteiger partial charge >= 0.3 is 5.97 Å². The summed E-state index contributed by atoms with van der Waals surface area (Å²) in [4.78, 5) is 29.9. The summed E-state index contributed by atoms with van der Waals surface area (Å²) in [5.41, 5.74) is 1.75. The minimum Gasteiger partial charge on any atom is -0.465 e. The summed E-state index contributed by atoms with van der Waals surface area (Å²) in [6.45, 7) is 3.92. The molecule has 0 aliphatic carbocycles. The molecule has 0 spiro atoms. The highest BCUT2D eigenvalue weighted by Gasteiger charge is 2.39. The average molecular weight is 506 g/mol. The molecule has 1 aliphatic heterocycles. The Kier molecular flexibility index (Phi) is 6.96. The number of benzene rings is 2. The fraction of sp³-hybridized carbons (Fsp3) is 0.348. The minimum atomic E-state index is -4.00. The summed E-state index contributed by atoms with van der Waals surface area (Å²) in [6.07, 6.45) is 0.825. The van der Waals surface area contributed by atoms with E-state index in [1.165, 1.54) is 23.5 Å². The first kappa shape index (κ1) is 24.2. The van der Waals surface area contributed by atoms with E-state index < -0.39 is 33.8 Å². The van der Waals surface area contributed by atoms with Gasteiger partial charge in [-0.3, -0.25) is 9.59 Å². The van der Waals surface area contributed by atoms with Crippen LogP contribution in [0.25, 0.3) is 10.2 Å². The molecule has 1 saturated heterocycles. The van der Waals surface area contributed by atoms with E-state index in [0.29, 0.717) is 17.6 Å². The van der Waals surface area contributed by atoms with Crippen LogP contribution in [-0.4, -0.2) is 48.4 Å². The number of fused-ring (bicyclic) bond motifs is 1. The predicted octanol–water partition coefficient (Wildman–Crippen LogP) is 2.99. The topological polar surface area (TPSA) is 98.0 Å². The van der Waals surface area contributed by atoms with Crippen LogP contribution in [0.15, 0.2) is 52.4 Å². The Labute approximate surface area is 200 Å². The number of hydrogen-bond donors (Lipinski definition) is 0. The van der Waals surface area contributed by atoms with Crippen LogP contribution in [0.4, 0.5) is 4.39 Å². The van der Waals surface area contributed by atoms with Crippen LogP contribution in [0.3, 0.4) is 0 Å². The molecule has 0 N–H and O–H groups in total. The Morgan fingerprint density at radius 1 is 1.21 bits per heavy atom. The minimum absolute atomic E-state index is 0.0803. The van der Waals surface area contributed by atoms with Gasteiger partial charge in [0.25, 0.3) is 5.91 Å². The van der Waals surface area contributed by atoms with Gasteiger partial charge in [-0.05, 0) is 68.7 Å². The van der Waals surface area contributed by atoms with E-state index in [4.69, 9.17) is 4.74 Å². The van der Waals surface area contributed by atoms with Gasteiger partial charge in [-0.2, -0.15) is 9.30 Å². The molecule has 4 rings (SSSR count). The van der Waals surface area contributed by atoms with Crippen molar-refractivity contribution in [2.45, 2.75) is 44.2 Å². The monoisotopic (exact) mass is 505 g/mol. The summed E-state index contributed by atoms with van der Waals surface area (Å²) < 4.78 is 48.2. The lowest BCUT2D eigenvalue weighted by molar-refractivity contribution is -0.143. The first-order chi connectivity index (χ1) is 16.2. The van der Waals surface area contributed by atoms with Crippen molar-refractivity contribution in [2.75, 3.05) is 13.2 Å². The highest BCUT2D eigenvalue weighted by atomic mass is 32.2. The normalized spacial score (nSPS) is 17.4. The smallest absolute Gasteiger partial charge is 0.326 e. The van der Waals surface area contributed by atoms with E-state index in [2.05, 4.69) is 4.99 Å². The van der Waals surface area contributed by atoms with Crippen LogP contribution in [0.1, 0.15) is 25.3 Å².